The first-order valence-electron chi connectivity index (χ1n) is 5.19. The number of primary amides is 1. The van der Waals surface area contributed by atoms with E-state index in [4.69, 9.17) is 10.8 Å². The molecule has 4 N–H and O–H groups in total. The van der Waals surface area contributed by atoms with Gasteiger partial charge in [-0.3, -0.25) is 9.59 Å². The highest BCUT2D eigenvalue weighted by atomic mass is 16.4. The molecule has 1 heterocycles. The van der Waals surface area contributed by atoms with Crippen LogP contribution in [0.4, 0.5) is 0 Å². The van der Waals surface area contributed by atoms with Crippen molar-refractivity contribution in [2.45, 2.75) is 19.4 Å². The van der Waals surface area contributed by atoms with E-state index in [2.05, 4.69) is 10.3 Å². The average molecular weight is 251 g/mol. The highest BCUT2D eigenvalue weighted by Crippen LogP contribution is 2.01. The predicted molar refractivity (Wildman–Crippen MR) is 61.9 cm³/mol. The molecular weight excluding hydrogens is 238 g/mol. The molecule has 0 saturated carbocycles. The van der Waals surface area contributed by atoms with Crippen LogP contribution in [0.15, 0.2) is 18.2 Å². The minimum atomic E-state index is -1.21. The van der Waals surface area contributed by atoms with Crippen LogP contribution in [0.25, 0.3) is 0 Å². The zero-order chi connectivity index (χ0) is 13.7. The number of carboxylic acids is 1. The number of aromatic carboxylic acids is 1. The Morgan fingerprint density at radius 2 is 2.00 bits per heavy atom. The van der Waals surface area contributed by atoms with Crippen LogP contribution in [-0.2, 0) is 4.79 Å². The Morgan fingerprint density at radius 1 is 1.39 bits per heavy atom. The smallest absolute Gasteiger partial charge is 0.354 e. The third kappa shape index (κ3) is 3.85. The number of rotatable bonds is 5. The molecule has 2 amide bonds. The molecular formula is C11H13N3O4. The summed E-state index contributed by atoms with van der Waals surface area (Å²) in [4.78, 5) is 36.7. The summed E-state index contributed by atoms with van der Waals surface area (Å²) in [6, 6.07) is 3.65. The second-order valence-corrected chi connectivity index (χ2v) is 3.76. The first-order chi connectivity index (χ1) is 8.40. The van der Waals surface area contributed by atoms with Crippen LogP contribution in [-0.4, -0.2) is 33.9 Å². The van der Waals surface area contributed by atoms with Gasteiger partial charge in [0.05, 0.1) is 0 Å². The zero-order valence-electron chi connectivity index (χ0n) is 9.71. The van der Waals surface area contributed by atoms with Crippen LogP contribution >= 0.6 is 0 Å². The number of aromatic nitrogens is 1. The summed E-state index contributed by atoms with van der Waals surface area (Å²) in [6.45, 7) is 1.61. The second-order valence-electron chi connectivity index (χ2n) is 3.76. The van der Waals surface area contributed by atoms with E-state index in [1.807, 2.05) is 0 Å². The van der Waals surface area contributed by atoms with Gasteiger partial charge in [0.25, 0.3) is 5.91 Å². The molecule has 7 nitrogen and oxygen atoms in total. The molecule has 1 rings (SSSR count). The van der Waals surface area contributed by atoms with E-state index < -0.39 is 23.8 Å². The molecule has 0 fully saturated rings. The maximum atomic E-state index is 11.7. The van der Waals surface area contributed by atoms with E-state index in [0.717, 1.165) is 0 Å². The minimum Gasteiger partial charge on any atom is -0.477 e. The Kier molecular flexibility index (Phi) is 4.36. The largest absolute Gasteiger partial charge is 0.477 e. The Bertz CT molecular complexity index is 487. The predicted octanol–water partition coefficient (Wildman–Crippen LogP) is -0.227. The molecule has 7 heteroatoms. The number of nitrogens with two attached hydrogens (primary N) is 1. The summed E-state index contributed by atoms with van der Waals surface area (Å²) < 4.78 is 0. The maximum absolute atomic E-state index is 11.7. The van der Waals surface area contributed by atoms with Crippen LogP contribution in [0.3, 0.4) is 0 Å². The molecule has 1 unspecified atom stereocenters. The lowest BCUT2D eigenvalue weighted by Gasteiger charge is -2.11. The van der Waals surface area contributed by atoms with Crippen molar-refractivity contribution in [3.8, 4) is 0 Å². The van der Waals surface area contributed by atoms with Crippen molar-refractivity contribution < 1.29 is 19.5 Å². The van der Waals surface area contributed by atoms with Gasteiger partial charge in [0, 0.05) is 12.5 Å². The number of carbonyl (C=O) groups is 3. The quantitative estimate of drug-likeness (QED) is 0.667. The molecule has 1 atom stereocenters. The van der Waals surface area contributed by atoms with E-state index in [-0.39, 0.29) is 17.8 Å². The standard InChI is InChI=1S/C11H13N3O4/c1-6(5-9(12)15)13-10(16)7-3-2-4-8(14-7)11(17)18/h2-4,6H,5H2,1H3,(H2,12,15)(H,13,16)(H,17,18). The van der Waals surface area contributed by atoms with Gasteiger partial charge in [0.15, 0.2) is 0 Å². The van der Waals surface area contributed by atoms with Crippen molar-refractivity contribution in [2.75, 3.05) is 0 Å². The van der Waals surface area contributed by atoms with Crippen molar-refractivity contribution in [2.24, 2.45) is 5.73 Å². The molecule has 1 aromatic rings. The number of pyridine rings is 1. The minimum absolute atomic E-state index is 0.00433. The van der Waals surface area contributed by atoms with Crippen molar-refractivity contribution in [3.05, 3.63) is 29.6 Å². The number of hydrogen-bond donors (Lipinski definition) is 3. The summed E-state index contributed by atoms with van der Waals surface area (Å²) >= 11 is 0. The van der Waals surface area contributed by atoms with Crippen LogP contribution < -0.4 is 11.1 Å². The Morgan fingerprint density at radius 3 is 2.56 bits per heavy atom. The highest BCUT2D eigenvalue weighted by Gasteiger charge is 2.14. The average Bonchev–Trinajstić information content (AvgIpc) is 2.27. The Balaban J connectivity index is 2.75. The van der Waals surface area contributed by atoms with Gasteiger partial charge in [-0.1, -0.05) is 6.07 Å². The number of hydrogen-bond acceptors (Lipinski definition) is 4. The molecule has 0 aliphatic rings. The number of amides is 2. The third-order valence-corrected chi connectivity index (χ3v) is 2.09. The van der Waals surface area contributed by atoms with Gasteiger partial charge < -0.3 is 16.2 Å². The molecule has 0 spiro atoms. The van der Waals surface area contributed by atoms with Crippen LogP contribution in [0.2, 0.25) is 0 Å². The summed E-state index contributed by atoms with van der Waals surface area (Å²) in [5, 5.41) is 11.2. The molecule has 0 aliphatic carbocycles. The lowest BCUT2D eigenvalue weighted by atomic mass is 10.2. The van der Waals surface area contributed by atoms with Crippen molar-refractivity contribution >= 4 is 17.8 Å². The molecule has 0 radical (unpaired) electrons. The van der Waals surface area contributed by atoms with E-state index in [1.54, 1.807) is 6.92 Å². The van der Waals surface area contributed by atoms with Gasteiger partial charge in [-0.15, -0.1) is 0 Å². The summed E-state index contributed by atoms with van der Waals surface area (Å²) in [6.07, 6.45) is 0.00433. The first-order valence-corrected chi connectivity index (χ1v) is 5.19. The van der Waals surface area contributed by atoms with E-state index >= 15 is 0 Å². The summed E-state index contributed by atoms with van der Waals surface area (Å²) in [5.41, 5.74) is 4.75. The van der Waals surface area contributed by atoms with Crippen LogP contribution in [0.1, 0.15) is 34.3 Å². The molecule has 0 aliphatic heterocycles. The molecule has 18 heavy (non-hydrogen) atoms. The summed E-state index contributed by atoms with van der Waals surface area (Å²) in [5.74, 6) is -2.29. The lowest BCUT2D eigenvalue weighted by Crippen LogP contribution is -2.36. The fourth-order valence-electron chi connectivity index (χ4n) is 1.33. The fraction of sp³-hybridized carbons (Fsp3) is 0.273. The monoisotopic (exact) mass is 251 g/mol. The first kappa shape index (κ1) is 13.6. The van der Waals surface area contributed by atoms with Crippen LogP contribution in [0, 0.1) is 0 Å². The van der Waals surface area contributed by atoms with Gasteiger partial charge in [-0.2, -0.15) is 0 Å². The van der Waals surface area contributed by atoms with Crippen molar-refractivity contribution in [3.63, 3.8) is 0 Å². The van der Waals surface area contributed by atoms with Gasteiger partial charge in [0.1, 0.15) is 11.4 Å². The lowest BCUT2D eigenvalue weighted by molar-refractivity contribution is -0.118. The molecule has 1 aromatic heterocycles. The normalized spacial score (nSPS) is 11.6. The van der Waals surface area contributed by atoms with Gasteiger partial charge in [-0.05, 0) is 19.1 Å². The van der Waals surface area contributed by atoms with E-state index in [0.29, 0.717) is 0 Å². The molecule has 0 aromatic carbocycles. The number of carbonyl (C=O) groups excluding carboxylic acids is 2. The molecule has 0 bridgehead atoms. The van der Waals surface area contributed by atoms with E-state index in [9.17, 15) is 14.4 Å². The SMILES string of the molecule is CC(CC(N)=O)NC(=O)c1cccc(C(=O)O)n1. The number of carboxylic acid groups (broad SMARTS) is 1. The third-order valence-electron chi connectivity index (χ3n) is 2.09. The van der Waals surface area contributed by atoms with Crippen molar-refractivity contribution in [1.82, 2.24) is 10.3 Å². The second kappa shape index (κ2) is 5.76. The van der Waals surface area contributed by atoms with Gasteiger partial charge >= 0.3 is 5.97 Å². The summed E-state index contributed by atoms with van der Waals surface area (Å²) in [7, 11) is 0. The zero-order valence-corrected chi connectivity index (χ0v) is 9.71. The topological polar surface area (TPSA) is 122 Å². The molecule has 96 valence electrons. The van der Waals surface area contributed by atoms with E-state index in [1.165, 1.54) is 18.2 Å². The number of nitrogens with one attached hydrogen (secondary N) is 1. The molecule has 0 saturated heterocycles. The van der Waals surface area contributed by atoms with Crippen molar-refractivity contribution in [1.29, 1.82) is 0 Å². The fourth-order valence-corrected chi connectivity index (χ4v) is 1.33. The highest BCUT2D eigenvalue weighted by molar-refractivity contribution is 5.94. The van der Waals surface area contributed by atoms with Crippen LogP contribution in [0.5, 0.6) is 0 Å². The Hall–Kier alpha value is -2.44. The number of nitrogens with zero attached hydrogens (tertiary/aromatic N) is 1. The van der Waals surface area contributed by atoms with Gasteiger partial charge in [-0.25, -0.2) is 9.78 Å². The maximum Gasteiger partial charge on any atom is 0.354 e. The Labute approximate surface area is 103 Å². The van der Waals surface area contributed by atoms with Gasteiger partial charge in [0.2, 0.25) is 5.91 Å².